The van der Waals surface area contributed by atoms with E-state index in [1.807, 2.05) is 30.0 Å². The molecule has 1 aliphatic rings. The molecule has 116 valence electrons. The van der Waals surface area contributed by atoms with Crippen LogP contribution >= 0.6 is 11.6 Å². The molecule has 1 N–H and O–H groups in total. The minimum absolute atomic E-state index is 0.234. The SMILES string of the molecule is CCN1CCN(C(=O)CCNc2cc(Cl)ccc2C)CC1. The molecular formula is C16H24ClN3O. The van der Waals surface area contributed by atoms with E-state index in [0.29, 0.717) is 18.0 Å². The molecule has 0 aromatic heterocycles. The summed E-state index contributed by atoms with van der Waals surface area (Å²) in [5.74, 6) is 0.234. The number of carbonyl (C=O) groups excluding carboxylic acids is 1. The van der Waals surface area contributed by atoms with Crippen LogP contribution in [0.3, 0.4) is 0 Å². The fourth-order valence-electron chi connectivity index (χ4n) is 2.56. The third-order valence-electron chi connectivity index (χ3n) is 4.03. The quantitative estimate of drug-likeness (QED) is 0.908. The van der Waals surface area contributed by atoms with Gasteiger partial charge in [-0.2, -0.15) is 0 Å². The first-order chi connectivity index (χ1) is 10.1. The van der Waals surface area contributed by atoms with Gasteiger partial charge in [0.15, 0.2) is 0 Å². The summed E-state index contributed by atoms with van der Waals surface area (Å²) in [5, 5.41) is 4.01. The van der Waals surface area contributed by atoms with E-state index in [-0.39, 0.29) is 5.91 Å². The van der Waals surface area contributed by atoms with Gasteiger partial charge in [-0.1, -0.05) is 24.6 Å². The van der Waals surface area contributed by atoms with Crippen molar-refractivity contribution < 1.29 is 4.79 Å². The van der Waals surface area contributed by atoms with Crippen LogP contribution in [0.2, 0.25) is 5.02 Å². The number of aryl methyl sites for hydroxylation is 1. The highest BCUT2D eigenvalue weighted by molar-refractivity contribution is 6.30. The van der Waals surface area contributed by atoms with E-state index < -0.39 is 0 Å². The van der Waals surface area contributed by atoms with E-state index >= 15 is 0 Å². The largest absolute Gasteiger partial charge is 0.384 e. The van der Waals surface area contributed by atoms with Gasteiger partial charge < -0.3 is 15.1 Å². The summed E-state index contributed by atoms with van der Waals surface area (Å²) in [7, 11) is 0. The van der Waals surface area contributed by atoms with Crippen molar-refractivity contribution in [1.82, 2.24) is 9.80 Å². The van der Waals surface area contributed by atoms with Gasteiger partial charge in [-0.25, -0.2) is 0 Å². The zero-order chi connectivity index (χ0) is 15.2. The minimum atomic E-state index is 0.234. The molecule has 1 saturated heterocycles. The minimum Gasteiger partial charge on any atom is -0.384 e. The maximum Gasteiger partial charge on any atom is 0.224 e. The lowest BCUT2D eigenvalue weighted by Crippen LogP contribution is -2.48. The normalized spacial score (nSPS) is 16.0. The van der Waals surface area contributed by atoms with Gasteiger partial charge in [0.05, 0.1) is 0 Å². The van der Waals surface area contributed by atoms with Crippen LogP contribution in [0.4, 0.5) is 5.69 Å². The second kappa shape index (κ2) is 7.66. The van der Waals surface area contributed by atoms with Gasteiger partial charge in [0.2, 0.25) is 5.91 Å². The molecule has 0 radical (unpaired) electrons. The Morgan fingerprint density at radius 1 is 1.29 bits per heavy atom. The van der Waals surface area contributed by atoms with E-state index in [1.54, 1.807) is 0 Å². The van der Waals surface area contributed by atoms with E-state index in [1.165, 1.54) is 0 Å². The van der Waals surface area contributed by atoms with Gasteiger partial charge in [0, 0.05) is 49.9 Å². The predicted octanol–water partition coefficient (Wildman–Crippen LogP) is 2.61. The molecule has 5 heteroatoms. The molecule has 21 heavy (non-hydrogen) atoms. The molecule has 0 unspecified atom stereocenters. The van der Waals surface area contributed by atoms with Gasteiger partial charge in [-0.15, -0.1) is 0 Å². The molecule has 2 rings (SSSR count). The monoisotopic (exact) mass is 309 g/mol. The molecular weight excluding hydrogens is 286 g/mol. The Kier molecular flexibility index (Phi) is 5.88. The molecule has 1 aromatic carbocycles. The van der Waals surface area contributed by atoms with Crippen LogP contribution in [0.25, 0.3) is 0 Å². The Morgan fingerprint density at radius 2 is 2.00 bits per heavy atom. The van der Waals surface area contributed by atoms with Crippen molar-refractivity contribution in [3.8, 4) is 0 Å². The number of piperazine rings is 1. The molecule has 0 saturated carbocycles. The average Bonchev–Trinajstić information content (AvgIpc) is 2.50. The second-order valence-corrected chi connectivity index (χ2v) is 5.89. The maximum atomic E-state index is 12.2. The highest BCUT2D eigenvalue weighted by Crippen LogP contribution is 2.20. The fourth-order valence-corrected chi connectivity index (χ4v) is 2.73. The van der Waals surface area contributed by atoms with Gasteiger partial charge in [0.1, 0.15) is 0 Å². The van der Waals surface area contributed by atoms with Crippen LogP contribution < -0.4 is 5.32 Å². The van der Waals surface area contributed by atoms with Crippen molar-refractivity contribution in [2.45, 2.75) is 20.3 Å². The number of hydrogen-bond acceptors (Lipinski definition) is 3. The Hall–Kier alpha value is -1.26. The highest BCUT2D eigenvalue weighted by atomic mass is 35.5. The number of halogens is 1. The van der Waals surface area contributed by atoms with Gasteiger partial charge in [-0.05, 0) is 31.2 Å². The Balaban J connectivity index is 1.76. The molecule has 0 aliphatic carbocycles. The summed E-state index contributed by atoms with van der Waals surface area (Å²) in [4.78, 5) is 16.5. The van der Waals surface area contributed by atoms with E-state index in [9.17, 15) is 4.79 Å². The first kappa shape index (κ1) is 16.1. The summed E-state index contributed by atoms with van der Waals surface area (Å²) >= 11 is 5.99. The lowest BCUT2D eigenvalue weighted by atomic mass is 10.2. The number of hydrogen-bond donors (Lipinski definition) is 1. The number of rotatable bonds is 5. The summed E-state index contributed by atoms with van der Waals surface area (Å²) in [6, 6.07) is 5.76. The lowest BCUT2D eigenvalue weighted by Gasteiger charge is -2.34. The molecule has 1 amide bonds. The third kappa shape index (κ3) is 4.61. The van der Waals surface area contributed by atoms with Crippen molar-refractivity contribution in [3.63, 3.8) is 0 Å². The molecule has 4 nitrogen and oxygen atoms in total. The number of anilines is 1. The summed E-state index contributed by atoms with van der Waals surface area (Å²) in [6.07, 6.45) is 0.526. The molecule has 1 fully saturated rings. The molecule has 1 aliphatic heterocycles. The second-order valence-electron chi connectivity index (χ2n) is 5.45. The summed E-state index contributed by atoms with van der Waals surface area (Å²) < 4.78 is 0. The van der Waals surface area contributed by atoms with Crippen LogP contribution in [0.15, 0.2) is 18.2 Å². The van der Waals surface area contributed by atoms with Crippen LogP contribution in [-0.4, -0.2) is 55.0 Å². The number of nitrogens with one attached hydrogen (secondary N) is 1. The van der Waals surface area contributed by atoms with Crippen molar-refractivity contribution >= 4 is 23.2 Å². The number of likely N-dealkylation sites (N-methyl/N-ethyl adjacent to an activating group) is 1. The number of benzene rings is 1. The third-order valence-corrected chi connectivity index (χ3v) is 4.26. The molecule has 0 atom stereocenters. The number of nitrogens with zero attached hydrogens (tertiary/aromatic N) is 2. The summed E-state index contributed by atoms with van der Waals surface area (Å²) in [6.45, 7) is 9.59. The number of amides is 1. The average molecular weight is 310 g/mol. The van der Waals surface area contributed by atoms with Crippen LogP contribution in [0, 0.1) is 6.92 Å². The number of carbonyl (C=O) groups is 1. The van der Waals surface area contributed by atoms with Crippen LogP contribution in [-0.2, 0) is 4.79 Å². The standard InChI is InChI=1S/C16H24ClN3O/c1-3-19-8-10-20(11-9-19)16(21)6-7-18-15-12-14(17)5-4-13(15)2/h4-5,12,18H,3,6-11H2,1-2H3. The van der Waals surface area contributed by atoms with Crippen molar-refractivity contribution in [2.75, 3.05) is 44.6 Å². The van der Waals surface area contributed by atoms with Gasteiger partial charge in [0.25, 0.3) is 0 Å². The first-order valence-electron chi connectivity index (χ1n) is 7.60. The Bertz CT molecular complexity index is 484. The lowest BCUT2D eigenvalue weighted by molar-refractivity contribution is -0.132. The fraction of sp³-hybridized carbons (Fsp3) is 0.562. The Labute approximate surface area is 132 Å². The molecule has 0 bridgehead atoms. The highest BCUT2D eigenvalue weighted by Gasteiger charge is 2.19. The molecule has 1 heterocycles. The predicted molar refractivity (Wildman–Crippen MR) is 88.0 cm³/mol. The maximum absolute atomic E-state index is 12.2. The smallest absolute Gasteiger partial charge is 0.224 e. The van der Waals surface area contributed by atoms with E-state index in [4.69, 9.17) is 11.6 Å². The molecule has 0 spiro atoms. The van der Waals surface area contributed by atoms with Crippen molar-refractivity contribution in [2.24, 2.45) is 0 Å². The van der Waals surface area contributed by atoms with Crippen molar-refractivity contribution in [3.05, 3.63) is 28.8 Å². The Morgan fingerprint density at radius 3 is 2.67 bits per heavy atom. The zero-order valence-corrected chi connectivity index (χ0v) is 13.6. The van der Waals surface area contributed by atoms with Crippen molar-refractivity contribution in [1.29, 1.82) is 0 Å². The van der Waals surface area contributed by atoms with Crippen LogP contribution in [0.1, 0.15) is 18.9 Å². The summed E-state index contributed by atoms with van der Waals surface area (Å²) in [5.41, 5.74) is 2.15. The van der Waals surface area contributed by atoms with Gasteiger partial charge >= 0.3 is 0 Å². The van der Waals surface area contributed by atoms with E-state index in [2.05, 4.69) is 17.1 Å². The first-order valence-corrected chi connectivity index (χ1v) is 7.98. The molecule has 1 aromatic rings. The van der Waals surface area contributed by atoms with E-state index in [0.717, 1.165) is 44.0 Å². The van der Waals surface area contributed by atoms with Gasteiger partial charge in [-0.3, -0.25) is 4.79 Å². The van der Waals surface area contributed by atoms with Crippen LogP contribution in [0.5, 0.6) is 0 Å². The topological polar surface area (TPSA) is 35.6 Å². The zero-order valence-electron chi connectivity index (χ0n) is 12.9.